The monoisotopic (exact) mass is 288 g/mol. The van der Waals surface area contributed by atoms with E-state index in [9.17, 15) is 13.9 Å². The molecule has 0 saturated heterocycles. The molecule has 0 amide bonds. The van der Waals surface area contributed by atoms with Crippen molar-refractivity contribution < 1.29 is 13.9 Å². The van der Waals surface area contributed by atoms with E-state index in [0.717, 1.165) is 24.8 Å². The number of benzene rings is 2. The van der Waals surface area contributed by atoms with Gasteiger partial charge in [0.25, 0.3) is 0 Å². The summed E-state index contributed by atoms with van der Waals surface area (Å²) in [4.78, 5) is 0. The lowest BCUT2D eigenvalue weighted by Gasteiger charge is -2.41. The van der Waals surface area contributed by atoms with Crippen molar-refractivity contribution in [1.82, 2.24) is 0 Å². The zero-order chi connectivity index (χ0) is 14.9. The Morgan fingerprint density at radius 3 is 2.24 bits per heavy atom. The van der Waals surface area contributed by atoms with Gasteiger partial charge in [0.2, 0.25) is 0 Å². The normalized spacial score (nSPS) is 25.8. The average molecular weight is 288 g/mol. The predicted octanol–water partition coefficient (Wildman–Crippen LogP) is 4.51. The summed E-state index contributed by atoms with van der Waals surface area (Å²) >= 11 is 0. The lowest BCUT2D eigenvalue weighted by molar-refractivity contribution is -0.0283. The molecule has 3 heteroatoms. The molecule has 21 heavy (non-hydrogen) atoms. The van der Waals surface area contributed by atoms with Crippen molar-refractivity contribution in [2.45, 2.75) is 37.2 Å². The van der Waals surface area contributed by atoms with Crippen LogP contribution in [0, 0.1) is 11.6 Å². The summed E-state index contributed by atoms with van der Waals surface area (Å²) in [6.45, 7) is 0. The third-order valence-corrected chi connectivity index (χ3v) is 4.47. The lowest BCUT2D eigenvalue weighted by Crippen LogP contribution is -2.38. The van der Waals surface area contributed by atoms with Gasteiger partial charge in [-0.25, -0.2) is 8.78 Å². The molecule has 0 bridgehead atoms. The largest absolute Gasteiger partial charge is 0.384 e. The van der Waals surface area contributed by atoms with Crippen LogP contribution in [0.4, 0.5) is 8.78 Å². The van der Waals surface area contributed by atoms with Crippen molar-refractivity contribution in [3.8, 4) is 0 Å². The maximum absolute atomic E-state index is 14.2. The summed E-state index contributed by atoms with van der Waals surface area (Å²) in [6.07, 6.45) is 2.84. The molecule has 0 heterocycles. The second-order valence-corrected chi connectivity index (χ2v) is 5.73. The zero-order valence-corrected chi connectivity index (χ0v) is 11.7. The Bertz CT molecular complexity index is 606. The molecule has 1 aliphatic carbocycles. The molecule has 0 aliphatic heterocycles. The molecule has 0 aromatic heterocycles. The van der Waals surface area contributed by atoms with Crippen LogP contribution in [-0.4, -0.2) is 5.11 Å². The first-order valence-electron chi connectivity index (χ1n) is 7.35. The Morgan fingerprint density at radius 2 is 1.57 bits per heavy atom. The van der Waals surface area contributed by atoms with Gasteiger partial charge < -0.3 is 5.11 Å². The Hall–Kier alpha value is -1.74. The predicted molar refractivity (Wildman–Crippen MR) is 77.9 cm³/mol. The zero-order valence-electron chi connectivity index (χ0n) is 11.7. The topological polar surface area (TPSA) is 20.2 Å². The third-order valence-electron chi connectivity index (χ3n) is 4.47. The van der Waals surface area contributed by atoms with E-state index in [1.165, 1.54) is 18.2 Å². The number of halogens is 2. The van der Waals surface area contributed by atoms with Crippen LogP contribution in [0.1, 0.15) is 42.7 Å². The van der Waals surface area contributed by atoms with Gasteiger partial charge in [-0.2, -0.15) is 0 Å². The highest BCUT2D eigenvalue weighted by molar-refractivity contribution is 5.34. The fourth-order valence-electron chi connectivity index (χ4n) is 3.49. The second kappa shape index (κ2) is 5.57. The summed E-state index contributed by atoms with van der Waals surface area (Å²) < 4.78 is 28.3. The van der Waals surface area contributed by atoms with E-state index in [1.54, 1.807) is 0 Å². The number of aliphatic hydroxyl groups is 1. The second-order valence-electron chi connectivity index (χ2n) is 5.73. The van der Waals surface area contributed by atoms with Gasteiger partial charge in [0.1, 0.15) is 17.2 Å². The molecule has 1 nitrogen and oxygen atoms in total. The summed E-state index contributed by atoms with van der Waals surface area (Å²) in [6, 6.07) is 13.3. The van der Waals surface area contributed by atoms with Crippen LogP contribution in [0.5, 0.6) is 0 Å². The van der Waals surface area contributed by atoms with Crippen LogP contribution in [-0.2, 0) is 5.60 Å². The van der Waals surface area contributed by atoms with Crippen LogP contribution < -0.4 is 0 Å². The Labute approximate surface area is 123 Å². The molecule has 1 saturated carbocycles. The number of hydrogen-bond donors (Lipinski definition) is 1. The molecular weight excluding hydrogens is 270 g/mol. The fourth-order valence-corrected chi connectivity index (χ4v) is 3.49. The maximum atomic E-state index is 14.2. The number of hydrogen-bond acceptors (Lipinski definition) is 1. The van der Waals surface area contributed by atoms with E-state index in [0.29, 0.717) is 6.42 Å². The fraction of sp³-hybridized carbons (Fsp3) is 0.333. The molecule has 2 unspecified atom stereocenters. The molecule has 2 aromatic rings. The Morgan fingerprint density at radius 1 is 0.905 bits per heavy atom. The molecule has 1 aliphatic rings. The van der Waals surface area contributed by atoms with Crippen molar-refractivity contribution in [2.24, 2.45) is 0 Å². The van der Waals surface area contributed by atoms with Crippen LogP contribution in [0.3, 0.4) is 0 Å². The van der Waals surface area contributed by atoms with E-state index in [4.69, 9.17) is 0 Å². The van der Waals surface area contributed by atoms with Gasteiger partial charge in [0.05, 0.1) is 5.56 Å². The van der Waals surface area contributed by atoms with Crippen LogP contribution in [0.2, 0.25) is 0 Å². The van der Waals surface area contributed by atoms with Crippen molar-refractivity contribution in [1.29, 1.82) is 0 Å². The van der Waals surface area contributed by atoms with Crippen molar-refractivity contribution in [3.63, 3.8) is 0 Å². The van der Waals surface area contributed by atoms with E-state index >= 15 is 0 Å². The average Bonchev–Trinajstić information content (AvgIpc) is 2.48. The summed E-state index contributed by atoms with van der Waals surface area (Å²) in [7, 11) is 0. The van der Waals surface area contributed by atoms with Gasteiger partial charge in [-0.1, -0.05) is 49.2 Å². The highest BCUT2D eigenvalue weighted by atomic mass is 19.1. The molecular formula is C18H18F2O. The first-order valence-corrected chi connectivity index (χ1v) is 7.35. The van der Waals surface area contributed by atoms with Crippen LogP contribution in [0.15, 0.2) is 48.5 Å². The minimum atomic E-state index is -1.48. The summed E-state index contributed by atoms with van der Waals surface area (Å²) in [5.41, 5.74) is -0.726. The summed E-state index contributed by atoms with van der Waals surface area (Å²) in [5.74, 6) is -1.61. The first kappa shape index (κ1) is 14.2. The van der Waals surface area contributed by atoms with E-state index in [1.807, 2.05) is 30.3 Å². The van der Waals surface area contributed by atoms with Gasteiger partial charge >= 0.3 is 0 Å². The van der Waals surface area contributed by atoms with Crippen molar-refractivity contribution >= 4 is 0 Å². The molecule has 1 fully saturated rings. The highest BCUT2D eigenvalue weighted by Gasteiger charge is 2.44. The molecule has 3 rings (SSSR count). The van der Waals surface area contributed by atoms with E-state index < -0.39 is 17.2 Å². The van der Waals surface area contributed by atoms with Gasteiger partial charge in [-0.3, -0.25) is 0 Å². The van der Waals surface area contributed by atoms with Gasteiger partial charge in [0.15, 0.2) is 0 Å². The molecule has 2 atom stereocenters. The lowest BCUT2D eigenvalue weighted by atomic mass is 9.68. The Balaban J connectivity index is 2.12. The standard InChI is InChI=1S/C18H18F2O/c19-15-10-6-11-16(20)17(15)18(21)12-5-4-9-14(18)13-7-2-1-3-8-13/h1-3,6-8,10-11,14,21H,4-5,9,12H2. The Kier molecular flexibility index (Phi) is 3.77. The van der Waals surface area contributed by atoms with Crippen molar-refractivity contribution in [3.05, 3.63) is 71.3 Å². The molecule has 0 radical (unpaired) electrons. The van der Waals surface area contributed by atoms with Crippen LogP contribution >= 0.6 is 0 Å². The van der Waals surface area contributed by atoms with Gasteiger partial charge in [0, 0.05) is 5.92 Å². The minimum Gasteiger partial charge on any atom is -0.384 e. The molecule has 2 aromatic carbocycles. The molecule has 1 N–H and O–H groups in total. The van der Waals surface area contributed by atoms with E-state index in [-0.39, 0.29) is 11.5 Å². The summed E-state index contributed by atoms with van der Waals surface area (Å²) in [5, 5.41) is 11.1. The van der Waals surface area contributed by atoms with Gasteiger partial charge in [-0.05, 0) is 30.5 Å². The minimum absolute atomic E-state index is 0.182. The molecule has 110 valence electrons. The molecule has 0 spiro atoms. The van der Waals surface area contributed by atoms with Gasteiger partial charge in [-0.15, -0.1) is 0 Å². The third kappa shape index (κ3) is 2.46. The maximum Gasteiger partial charge on any atom is 0.132 e. The first-order chi connectivity index (χ1) is 10.1. The quantitative estimate of drug-likeness (QED) is 0.862. The smallest absolute Gasteiger partial charge is 0.132 e. The SMILES string of the molecule is OC1(c2c(F)cccc2F)CCCCC1c1ccccc1. The highest BCUT2D eigenvalue weighted by Crippen LogP contribution is 2.48. The van der Waals surface area contributed by atoms with E-state index in [2.05, 4.69) is 0 Å². The number of rotatable bonds is 2. The van der Waals surface area contributed by atoms with Crippen LogP contribution in [0.25, 0.3) is 0 Å². The van der Waals surface area contributed by atoms with Crippen molar-refractivity contribution in [2.75, 3.05) is 0 Å².